The van der Waals surface area contributed by atoms with Gasteiger partial charge in [0.25, 0.3) is 0 Å². The van der Waals surface area contributed by atoms with Crippen LogP contribution in [0.15, 0.2) is 23.3 Å². The van der Waals surface area contributed by atoms with Crippen LogP contribution in [0.1, 0.15) is 142 Å². The molecule has 1 aromatic heterocycles. The molecule has 4 saturated heterocycles. The quantitative estimate of drug-likeness (QED) is 0.178. The van der Waals surface area contributed by atoms with Crippen molar-refractivity contribution in [2.45, 2.75) is 175 Å². The Morgan fingerprint density at radius 1 is 0.734 bits per heavy atom. The van der Waals surface area contributed by atoms with Gasteiger partial charge in [0.1, 0.15) is 0 Å². The fourth-order valence-corrected chi connectivity index (χ4v) is 24.1. The van der Waals surface area contributed by atoms with Gasteiger partial charge in [0.2, 0.25) is 0 Å². The SMILES string of the molecule is CCCI1CC[C@@]2(OC1)OC1C=C3[C@@H]4CC[C@H]5Cc6nc7c(nc6C[C@]5(C)[C@H]4CC(=O)[C@]3(C)[C@H]1[C@@H]2C)C[C@@H]1CC[C@H]2C3=C[C@@H]4O[C@]5(CC[C@@H](C)CO5)[C@@H](C)[C@@H]4[C@@]3(C)[C@H](O)C[C@@H]2[C@@]1(C)C7. The Hall–Kier alpha value is -1.24. The molecule has 1 N–H and O–H groups in total. The number of aliphatic hydroxyl groups is 1. The molecule has 20 atom stereocenters. The molecule has 8 fully saturated rings. The summed E-state index contributed by atoms with van der Waals surface area (Å²) in [5.41, 5.74) is 7.24. The molecule has 0 aromatic carbocycles. The maximum Gasteiger partial charge on any atom is 0.172 e. The molecule has 9 heteroatoms. The summed E-state index contributed by atoms with van der Waals surface area (Å²) in [5.74, 6) is 3.67. The number of aliphatic hydroxyl groups excluding tert-OH is 1. The van der Waals surface area contributed by atoms with Crippen LogP contribution in [0.4, 0.5) is 0 Å². The minimum atomic E-state index is -1.03. The number of Topliss-reactive ketones (excluding diaryl/α,β-unsaturated/α-hetero) is 1. The molecule has 4 saturated carbocycles. The minimum Gasteiger partial charge on any atom is -0.392 e. The molecule has 5 heterocycles. The zero-order valence-electron chi connectivity index (χ0n) is 40.2. The molecule has 8 nitrogen and oxygen atoms in total. The van der Waals surface area contributed by atoms with Gasteiger partial charge in [-0.3, -0.25) is 9.97 Å². The first-order valence-electron chi connectivity index (χ1n) is 26.3. The minimum absolute atomic E-state index is 0.0124. The van der Waals surface area contributed by atoms with Crippen molar-refractivity contribution in [1.82, 2.24) is 9.97 Å². The standard InChI is InChI=1S/C55H77IN2O6/c1-9-17-56-18-16-55(62-28-56)31(4)49-45(64-55)22-39-35-13-11-33-20-41-43(26-51(33,6)37(35)24-47(60)53(39,49)8)58-40-19-32-10-12-34-36(50(32,5)25-42(40)57-41)23-46(59)52(7)38(34)21-44-48(52)30(3)54(63-44)15-14-29(2)27-61-54/h21-22,29-37,44-46,48-49,59H,9-20,23-28H2,1-8H3/t29-,30+,31+,32+,33+,34-,35-,36+,37+,44+,45?,46-,48+,49+,50+,51+,52-,53-,54-,55-/m1/s1. The molecule has 0 amide bonds. The second kappa shape index (κ2) is 14.2. The van der Waals surface area contributed by atoms with Gasteiger partial charge in [0.05, 0.1) is 35.9 Å². The number of fused-ring (bicyclic) bond motifs is 16. The third-order valence-electron chi connectivity index (χ3n) is 22.6. The van der Waals surface area contributed by atoms with E-state index in [0.717, 1.165) is 69.0 Å². The van der Waals surface area contributed by atoms with Gasteiger partial charge in [-0.25, -0.2) is 0 Å². The second-order valence-corrected chi connectivity index (χ2v) is 31.2. The summed E-state index contributed by atoms with van der Waals surface area (Å²) in [7, 11) is 0. The normalized spacial score (nSPS) is 54.6. The predicted molar refractivity (Wildman–Crippen MR) is 255 cm³/mol. The molecule has 1 aromatic rings. The molecule has 8 aliphatic carbocycles. The van der Waals surface area contributed by atoms with Crippen molar-refractivity contribution in [2.24, 2.45) is 86.8 Å². The summed E-state index contributed by atoms with van der Waals surface area (Å²) in [5, 5.41) is 12.5. The van der Waals surface area contributed by atoms with Crippen molar-refractivity contribution in [2.75, 3.05) is 20.1 Å². The fourth-order valence-electron chi connectivity index (χ4n) is 19.0. The van der Waals surface area contributed by atoms with E-state index in [1.54, 1.807) is 0 Å². The number of nitrogens with zero attached hydrogens (tertiary/aromatic N) is 2. The monoisotopic (exact) mass is 988 g/mol. The number of ketones is 1. The van der Waals surface area contributed by atoms with E-state index >= 15 is 0 Å². The van der Waals surface area contributed by atoms with Gasteiger partial charge >= 0.3 is 196 Å². The summed E-state index contributed by atoms with van der Waals surface area (Å²) in [6, 6.07) is 0. The van der Waals surface area contributed by atoms with Gasteiger partial charge in [-0.15, -0.1) is 0 Å². The number of aromatic nitrogens is 2. The van der Waals surface area contributed by atoms with Gasteiger partial charge in [-0.1, -0.05) is 39.3 Å². The van der Waals surface area contributed by atoms with Crippen LogP contribution in [0.5, 0.6) is 0 Å². The predicted octanol–water partition coefficient (Wildman–Crippen LogP) is 10.0. The first kappa shape index (κ1) is 42.8. The molecule has 4 aliphatic heterocycles. The number of rotatable bonds is 2. The van der Waals surface area contributed by atoms with Gasteiger partial charge in [-0.05, 0) is 67.6 Å². The van der Waals surface area contributed by atoms with Crippen LogP contribution < -0.4 is 0 Å². The molecule has 0 radical (unpaired) electrons. The van der Waals surface area contributed by atoms with E-state index in [9.17, 15) is 9.90 Å². The summed E-state index contributed by atoms with van der Waals surface area (Å²) in [4.78, 5) is 26.3. The van der Waals surface area contributed by atoms with Crippen LogP contribution in [0.2, 0.25) is 0 Å². The fraction of sp³-hybridized carbons (Fsp3) is 0.836. The number of carbonyl (C=O) groups excluding carboxylic acids is 1. The zero-order valence-corrected chi connectivity index (χ0v) is 42.4. The Bertz CT molecular complexity index is 2210. The molecule has 0 bridgehead atoms. The van der Waals surface area contributed by atoms with Crippen LogP contribution in [0.3, 0.4) is 0 Å². The van der Waals surface area contributed by atoms with E-state index < -0.39 is 36.8 Å². The van der Waals surface area contributed by atoms with Crippen LogP contribution in [-0.2, 0) is 49.4 Å². The summed E-state index contributed by atoms with van der Waals surface area (Å²) < 4.78 is 31.0. The van der Waals surface area contributed by atoms with Gasteiger partial charge in [0.15, 0.2) is 5.79 Å². The number of ether oxygens (including phenoxy) is 4. The summed E-state index contributed by atoms with van der Waals surface area (Å²) in [6.07, 6.45) is 19.1. The number of carbonyl (C=O) groups is 1. The molecule has 64 heavy (non-hydrogen) atoms. The van der Waals surface area contributed by atoms with E-state index in [1.807, 2.05) is 0 Å². The summed E-state index contributed by atoms with van der Waals surface area (Å²) >= 11 is -1.03. The first-order chi connectivity index (χ1) is 30.6. The van der Waals surface area contributed by atoms with Crippen molar-refractivity contribution in [1.29, 1.82) is 0 Å². The van der Waals surface area contributed by atoms with E-state index in [1.165, 1.54) is 68.5 Å². The molecule has 2 spiro atoms. The second-order valence-electron chi connectivity index (χ2n) is 25.2. The van der Waals surface area contributed by atoms with Crippen molar-refractivity contribution in [3.8, 4) is 0 Å². The van der Waals surface area contributed by atoms with Crippen LogP contribution in [-0.4, -0.2) is 70.8 Å². The summed E-state index contributed by atoms with van der Waals surface area (Å²) in [6.45, 7) is 19.9. The van der Waals surface area contributed by atoms with Gasteiger partial charge in [0, 0.05) is 23.7 Å². The van der Waals surface area contributed by atoms with E-state index in [-0.39, 0.29) is 58.2 Å². The van der Waals surface area contributed by atoms with E-state index in [0.29, 0.717) is 53.6 Å². The Labute approximate surface area is 390 Å². The number of halogens is 1. The Morgan fingerprint density at radius 3 is 1.97 bits per heavy atom. The molecule has 13 rings (SSSR count). The topological polar surface area (TPSA) is 100 Å². The maximum atomic E-state index is 14.9. The van der Waals surface area contributed by atoms with Crippen molar-refractivity contribution in [3.63, 3.8) is 0 Å². The van der Waals surface area contributed by atoms with Crippen molar-refractivity contribution in [3.05, 3.63) is 46.1 Å². The number of hydrogen-bond acceptors (Lipinski definition) is 8. The Balaban J connectivity index is 0.751. The molecule has 350 valence electrons. The van der Waals surface area contributed by atoms with Crippen molar-refractivity contribution >= 4 is 25.6 Å². The van der Waals surface area contributed by atoms with Crippen molar-refractivity contribution < 1.29 is 28.8 Å². The number of alkyl halides is 3. The zero-order chi connectivity index (χ0) is 44.1. The number of allylic oxidation sites excluding steroid dienone is 1. The molecular weight excluding hydrogens is 912 g/mol. The first-order valence-corrected chi connectivity index (χ1v) is 30.9. The Morgan fingerprint density at radius 2 is 1.34 bits per heavy atom. The van der Waals surface area contributed by atoms with E-state index in [2.05, 4.69) is 67.5 Å². The molecular formula is C55H77IN2O6. The van der Waals surface area contributed by atoms with Crippen LogP contribution in [0, 0.1) is 86.8 Å². The molecule has 12 aliphatic rings. The third kappa shape index (κ3) is 5.44. The van der Waals surface area contributed by atoms with Gasteiger partial charge < -0.3 is 14.6 Å². The van der Waals surface area contributed by atoms with E-state index in [4.69, 9.17) is 28.9 Å². The Kier molecular flexibility index (Phi) is 9.50. The van der Waals surface area contributed by atoms with Gasteiger partial charge in [-0.2, -0.15) is 0 Å². The van der Waals surface area contributed by atoms with Crippen LogP contribution in [0.25, 0.3) is 0 Å². The number of hydrogen-bond donors (Lipinski definition) is 1. The average Bonchev–Trinajstić information content (AvgIpc) is 3.92. The smallest absolute Gasteiger partial charge is 0.172 e. The maximum absolute atomic E-state index is 14.9. The van der Waals surface area contributed by atoms with Crippen LogP contribution >= 0.6 is 19.8 Å². The third-order valence-corrected chi connectivity index (χ3v) is 28.5. The molecule has 1 unspecified atom stereocenters. The largest absolute Gasteiger partial charge is 0.392 e. The average molecular weight is 989 g/mol.